The quantitative estimate of drug-likeness (QED) is 0.877. The zero-order valence-electron chi connectivity index (χ0n) is 12.0. The average molecular weight is 327 g/mol. The molecule has 0 spiro atoms. The van der Waals surface area contributed by atoms with Crippen LogP contribution in [0.2, 0.25) is 0 Å². The lowest BCUT2D eigenvalue weighted by atomic mass is 10.1. The van der Waals surface area contributed by atoms with E-state index in [2.05, 4.69) is 19.4 Å². The predicted octanol–water partition coefficient (Wildman–Crippen LogP) is 3.79. The first-order chi connectivity index (χ1) is 10.5. The number of carbonyl (C=O) groups is 1. The van der Waals surface area contributed by atoms with Crippen LogP contribution in [-0.2, 0) is 4.79 Å². The van der Waals surface area contributed by atoms with Crippen molar-refractivity contribution in [2.24, 2.45) is 5.92 Å². The molecule has 0 saturated carbocycles. The number of benzene rings is 1. The van der Waals surface area contributed by atoms with Crippen LogP contribution in [0.15, 0.2) is 24.3 Å². The molecule has 1 aromatic carbocycles. The highest BCUT2D eigenvalue weighted by molar-refractivity contribution is 7.10. The molecule has 1 unspecified atom stereocenters. The second kappa shape index (κ2) is 7.26. The maximum absolute atomic E-state index is 12.1. The molecule has 0 aliphatic carbocycles. The molecule has 2 aromatic rings. The van der Waals surface area contributed by atoms with Crippen molar-refractivity contribution in [1.82, 2.24) is 9.36 Å². The molecule has 0 fully saturated rings. The molecule has 1 heterocycles. The van der Waals surface area contributed by atoms with E-state index in [1.807, 2.05) is 13.8 Å². The van der Waals surface area contributed by atoms with E-state index in [1.54, 1.807) is 12.1 Å². The van der Waals surface area contributed by atoms with Gasteiger partial charge in [0.1, 0.15) is 5.75 Å². The first-order valence-corrected chi connectivity index (χ1v) is 7.46. The summed E-state index contributed by atoms with van der Waals surface area (Å²) in [4.78, 5) is 16.0. The van der Waals surface area contributed by atoms with Crippen molar-refractivity contribution in [2.75, 3.05) is 5.32 Å². The summed E-state index contributed by atoms with van der Waals surface area (Å²) in [5.41, 5.74) is 0.655. The molecule has 0 saturated heterocycles. The third-order valence-electron chi connectivity index (χ3n) is 3.05. The number of hydrogen-bond donors (Lipinski definition) is 1. The first kappa shape index (κ1) is 16.3. The molecule has 1 atom stereocenters. The fourth-order valence-electron chi connectivity index (χ4n) is 1.59. The van der Waals surface area contributed by atoms with E-state index in [0.29, 0.717) is 16.5 Å². The molecule has 1 N–H and O–H groups in total. The second-order valence-corrected chi connectivity index (χ2v) is 5.38. The summed E-state index contributed by atoms with van der Waals surface area (Å²) < 4.78 is 32.6. The number of ether oxygens (including phenoxy) is 1. The Kier molecular flexibility index (Phi) is 5.37. The smallest absolute Gasteiger partial charge is 0.387 e. The predicted molar refractivity (Wildman–Crippen MR) is 80.1 cm³/mol. The minimum Gasteiger partial charge on any atom is -0.435 e. The van der Waals surface area contributed by atoms with Crippen molar-refractivity contribution in [3.05, 3.63) is 24.3 Å². The van der Waals surface area contributed by atoms with E-state index in [9.17, 15) is 13.6 Å². The van der Waals surface area contributed by atoms with Crippen molar-refractivity contribution >= 4 is 22.6 Å². The van der Waals surface area contributed by atoms with Gasteiger partial charge in [-0.2, -0.15) is 18.1 Å². The van der Waals surface area contributed by atoms with Gasteiger partial charge in [0.2, 0.25) is 11.0 Å². The fourth-order valence-corrected chi connectivity index (χ4v) is 2.18. The van der Waals surface area contributed by atoms with Gasteiger partial charge in [-0.05, 0) is 30.7 Å². The van der Waals surface area contributed by atoms with Gasteiger partial charge < -0.3 is 10.1 Å². The molecule has 0 radical (unpaired) electrons. The van der Waals surface area contributed by atoms with Crippen LogP contribution in [0.3, 0.4) is 0 Å². The number of nitrogens with one attached hydrogen (secondary N) is 1. The van der Waals surface area contributed by atoms with E-state index >= 15 is 0 Å². The first-order valence-electron chi connectivity index (χ1n) is 6.69. The van der Waals surface area contributed by atoms with E-state index in [4.69, 9.17) is 0 Å². The van der Waals surface area contributed by atoms with Crippen LogP contribution < -0.4 is 10.1 Å². The van der Waals surface area contributed by atoms with Gasteiger partial charge in [0, 0.05) is 23.0 Å². The van der Waals surface area contributed by atoms with Crippen LogP contribution in [0.5, 0.6) is 5.75 Å². The van der Waals surface area contributed by atoms with E-state index in [1.165, 1.54) is 12.1 Å². The molecule has 1 aromatic heterocycles. The summed E-state index contributed by atoms with van der Waals surface area (Å²) in [5.74, 6) is 0.288. The average Bonchev–Trinajstić information content (AvgIpc) is 2.95. The lowest BCUT2D eigenvalue weighted by molar-refractivity contribution is -0.119. The van der Waals surface area contributed by atoms with Crippen molar-refractivity contribution in [1.29, 1.82) is 0 Å². The standard InChI is InChI=1S/C14H15F2N3O2S/c1-3-8(2)12(20)18-14-17-11(19-22-14)9-4-6-10(7-5-9)21-13(15)16/h4-8,13H,3H2,1-2H3,(H,17,18,19,20). The lowest BCUT2D eigenvalue weighted by Gasteiger charge is -2.06. The number of anilines is 1. The van der Waals surface area contributed by atoms with Gasteiger partial charge in [0.15, 0.2) is 5.82 Å². The Labute approximate surface area is 130 Å². The second-order valence-electron chi connectivity index (χ2n) is 4.62. The highest BCUT2D eigenvalue weighted by Gasteiger charge is 2.14. The molecule has 118 valence electrons. The molecule has 0 bridgehead atoms. The van der Waals surface area contributed by atoms with Gasteiger partial charge in [0.05, 0.1) is 0 Å². The lowest BCUT2D eigenvalue weighted by Crippen LogP contribution is -2.19. The van der Waals surface area contributed by atoms with Crippen LogP contribution in [0.25, 0.3) is 11.4 Å². The number of hydrogen-bond acceptors (Lipinski definition) is 5. The van der Waals surface area contributed by atoms with Gasteiger partial charge in [-0.1, -0.05) is 13.8 Å². The number of amides is 1. The number of aromatic nitrogens is 2. The third-order valence-corrected chi connectivity index (χ3v) is 3.68. The zero-order valence-corrected chi connectivity index (χ0v) is 12.9. The largest absolute Gasteiger partial charge is 0.435 e. The monoisotopic (exact) mass is 327 g/mol. The summed E-state index contributed by atoms with van der Waals surface area (Å²) in [6, 6.07) is 6.00. The molecular weight excluding hydrogens is 312 g/mol. The van der Waals surface area contributed by atoms with Gasteiger partial charge >= 0.3 is 6.61 Å². The van der Waals surface area contributed by atoms with Gasteiger partial charge in [0.25, 0.3) is 0 Å². The molecular formula is C14H15F2N3O2S. The Morgan fingerprint density at radius 1 is 1.36 bits per heavy atom. The maximum Gasteiger partial charge on any atom is 0.387 e. The van der Waals surface area contributed by atoms with Crippen molar-refractivity contribution < 1.29 is 18.3 Å². The van der Waals surface area contributed by atoms with Crippen LogP contribution in [0, 0.1) is 5.92 Å². The summed E-state index contributed by atoms with van der Waals surface area (Å²) >= 11 is 1.07. The maximum atomic E-state index is 12.1. The van der Waals surface area contributed by atoms with Crippen molar-refractivity contribution in [3.63, 3.8) is 0 Å². The Morgan fingerprint density at radius 3 is 2.64 bits per heavy atom. The van der Waals surface area contributed by atoms with Crippen LogP contribution >= 0.6 is 11.5 Å². The SMILES string of the molecule is CCC(C)C(=O)Nc1nc(-c2ccc(OC(F)F)cc2)ns1. The summed E-state index contributed by atoms with van der Waals surface area (Å²) in [6.45, 7) is 0.906. The number of alkyl halides is 2. The molecule has 1 amide bonds. The fraction of sp³-hybridized carbons (Fsp3) is 0.357. The third kappa shape index (κ3) is 4.20. The minimum absolute atomic E-state index is 0.0688. The Hall–Kier alpha value is -2.09. The summed E-state index contributed by atoms with van der Waals surface area (Å²) in [7, 11) is 0. The molecule has 5 nitrogen and oxygen atoms in total. The van der Waals surface area contributed by atoms with E-state index < -0.39 is 6.61 Å². The normalized spacial score (nSPS) is 12.2. The van der Waals surface area contributed by atoms with Crippen molar-refractivity contribution in [3.8, 4) is 17.1 Å². The van der Waals surface area contributed by atoms with Gasteiger partial charge in [-0.3, -0.25) is 4.79 Å². The van der Waals surface area contributed by atoms with Crippen LogP contribution in [0.1, 0.15) is 20.3 Å². The highest BCUT2D eigenvalue weighted by atomic mass is 32.1. The number of carbonyl (C=O) groups excluding carboxylic acids is 1. The zero-order chi connectivity index (χ0) is 16.1. The molecule has 22 heavy (non-hydrogen) atoms. The van der Waals surface area contributed by atoms with Crippen LogP contribution in [0.4, 0.5) is 13.9 Å². The Morgan fingerprint density at radius 2 is 2.05 bits per heavy atom. The van der Waals surface area contributed by atoms with Gasteiger partial charge in [-0.15, -0.1) is 0 Å². The topological polar surface area (TPSA) is 64.1 Å². The van der Waals surface area contributed by atoms with E-state index in [-0.39, 0.29) is 17.6 Å². The van der Waals surface area contributed by atoms with Gasteiger partial charge in [-0.25, -0.2) is 0 Å². The van der Waals surface area contributed by atoms with E-state index in [0.717, 1.165) is 18.0 Å². The Bertz CT molecular complexity index is 631. The van der Waals surface area contributed by atoms with Crippen LogP contribution in [-0.4, -0.2) is 21.9 Å². The number of nitrogens with zero attached hydrogens (tertiary/aromatic N) is 2. The number of halogens is 2. The molecule has 8 heteroatoms. The Balaban J connectivity index is 2.06. The summed E-state index contributed by atoms with van der Waals surface area (Å²) in [6.07, 6.45) is 0.739. The molecule has 0 aliphatic rings. The summed E-state index contributed by atoms with van der Waals surface area (Å²) in [5, 5.41) is 3.11. The minimum atomic E-state index is -2.86. The van der Waals surface area contributed by atoms with Crippen molar-refractivity contribution in [2.45, 2.75) is 26.9 Å². The number of rotatable bonds is 6. The molecule has 2 rings (SSSR count). The molecule has 0 aliphatic heterocycles. The highest BCUT2D eigenvalue weighted by Crippen LogP contribution is 2.24.